The van der Waals surface area contributed by atoms with E-state index in [4.69, 9.17) is 23.2 Å². The van der Waals surface area contributed by atoms with Crippen LogP contribution in [-0.4, -0.2) is 72.6 Å². The first-order valence-electron chi connectivity index (χ1n) is 7.87. The third-order valence-corrected chi connectivity index (χ3v) is 6.80. The normalized spacial score (nSPS) is 20.8. The van der Waals surface area contributed by atoms with E-state index >= 15 is 0 Å². The van der Waals surface area contributed by atoms with Crippen molar-refractivity contribution in [3.63, 3.8) is 0 Å². The van der Waals surface area contributed by atoms with Gasteiger partial charge in [0.25, 0.3) is 5.91 Å². The number of amides is 2. The summed E-state index contributed by atoms with van der Waals surface area (Å²) < 4.78 is 25.8. The lowest BCUT2D eigenvalue weighted by Gasteiger charge is -2.32. The van der Waals surface area contributed by atoms with Gasteiger partial charge in [-0.25, -0.2) is 18.1 Å². The number of aliphatic hydroxyl groups is 1. The van der Waals surface area contributed by atoms with Crippen molar-refractivity contribution in [2.24, 2.45) is 0 Å². The minimum atomic E-state index is -3.81. The number of nitrogens with zero attached hydrogens (tertiary/aromatic N) is 2. The Bertz CT molecular complexity index is 833. The molecule has 150 valence electrons. The molecule has 2 rings (SSSR count). The monoisotopic (exact) mass is 438 g/mol. The molecule has 1 saturated heterocycles. The van der Waals surface area contributed by atoms with E-state index < -0.39 is 39.2 Å². The van der Waals surface area contributed by atoms with Gasteiger partial charge in [-0.2, -0.15) is 0 Å². The smallest absolute Gasteiger partial charge is 0.256 e. The van der Waals surface area contributed by atoms with Crippen LogP contribution in [-0.2, 0) is 26.2 Å². The van der Waals surface area contributed by atoms with Crippen LogP contribution in [0.25, 0.3) is 0 Å². The van der Waals surface area contributed by atoms with Crippen molar-refractivity contribution in [2.75, 3.05) is 32.5 Å². The molecule has 0 bridgehead atoms. The molecule has 0 saturated carbocycles. The molecule has 1 aliphatic heterocycles. The number of alkyl halides is 2. The first-order chi connectivity index (χ1) is 12.6. The summed E-state index contributed by atoms with van der Waals surface area (Å²) in [5, 5.41) is 11.4. The number of nitrogens with one attached hydrogen (secondary N) is 2. The first kappa shape index (κ1) is 21.9. The number of sulfonamides is 1. The molecule has 2 unspecified atom stereocenters. The van der Waals surface area contributed by atoms with Crippen LogP contribution in [0.2, 0.25) is 0 Å². The minimum absolute atomic E-state index is 0.120. The summed E-state index contributed by atoms with van der Waals surface area (Å²) in [6.45, 7) is -0.576. The number of benzene rings is 1. The molecule has 3 N–H and O–H groups in total. The number of aliphatic hydroxyl groups excluding tert-OH is 1. The lowest BCUT2D eigenvalue weighted by Crippen LogP contribution is -2.58. The van der Waals surface area contributed by atoms with Gasteiger partial charge in [0, 0.05) is 26.3 Å². The number of rotatable bonds is 6. The summed E-state index contributed by atoms with van der Waals surface area (Å²) in [6.07, 6.45) is 0. The molecule has 0 radical (unpaired) electrons. The van der Waals surface area contributed by atoms with Gasteiger partial charge in [0.1, 0.15) is 11.9 Å². The molecule has 12 heteroatoms. The lowest BCUT2D eigenvalue weighted by atomic mass is 10.2. The molecule has 1 heterocycles. The Morgan fingerprint density at radius 2 is 2.07 bits per heavy atom. The maximum absolute atomic E-state index is 12.4. The summed E-state index contributed by atoms with van der Waals surface area (Å²) in [4.78, 5) is 24.1. The van der Waals surface area contributed by atoms with Gasteiger partial charge in [-0.15, -0.1) is 23.2 Å². The van der Waals surface area contributed by atoms with E-state index in [1.807, 2.05) is 0 Å². The van der Waals surface area contributed by atoms with Gasteiger partial charge in [-0.1, -0.05) is 6.07 Å². The van der Waals surface area contributed by atoms with Crippen LogP contribution in [0.15, 0.2) is 23.1 Å². The lowest BCUT2D eigenvalue weighted by molar-refractivity contribution is -0.139. The zero-order valence-corrected chi connectivity index (χ0v) is 17.0. The van der Waals surface area contributed by atoms with Gasteiger partial charge >= 0.3 is 0 Å². The Hall–Kier alpha value is -1.43. The summed E-state index contributed by atoms with van der Waals surface area (Å²) in [6, 6.07) is 4.12. The molecule has 1 aromatic carbocycles. The van der Waals surface area contributed by atoms with E-state index in [1.165, 1.54) is 32.3 Å². The van der Waals surface area contributed by atoms with E-state index in [1.54, 1.807) is 0 Å². The fraction of sp³-hybridized carbons (Fsp3) is 0.467. The highest BCUT2D eigenvalue weighted by atomic mass is 35.5. The fourth-order valence-corrected chi connectivity index (χ4v) is 3.88. The zero-order chi connectivity index (χ0) is 20.4. The number of hydrogen-bond acceptors (Lipinski definition) is 6. The number of halogens is 2. The second kappa shape index (κ2) is 8.72. The molecule has 0 aromatic heterocycles. The Labute approximate surface area is 167 Å². The van der Waals surface area contributed by atoms with Crippen molar-refractivity contribution < 1.29 is 23.1 Å². The molecular formula is C15H20Cl2N4O5S. The van der Waals surface area contributed by atoms with Gasteiger partial charge in [-0.3, -0.25) is 14.6 Å². The molecule has 2 atom stereocenters. The van der Waals surface area contributed by atoms with Crippen LogP contribution >= 0.6 is 23.2 Å². The van der Waals surface area contributed by atoms with Gasteiger partial charge in [0.05, 0.1) is 16.9 Å². The molecule has 0 aliphatic carbocycles. The predicted molar refractivity (Wildman–Crippen MR) is 101 cm³/mol. The molecule has 2 amide bonds. The van der Waals surface area contributed by atoms with Crippen molar-refractivity contribution >= 4 is 50.7 Å². The van der Waals surface area contributed by atoms with E-state index in [9.17, 15) is 23.1 Å². The summed E-state index contributed by atoms with van der Waals surface area (Å²) >= 11 is 11.8. The third kappa shape index (κ3) is 4.89. The Kier molecular flexibility index (Phi) is 7.06. The molecule has 0 spiro atoms. The molecule has 9 nitrogen and oxygen atoms in total. The Morgan fingerprint density at radius 1 is 1.41 bits per heavy atom. The first-order valence-corrected chi connectivity index (χ1v) is 10.2. The van der Waals surface area contributed by atoms with Gasteiger partial charge in [0.15, 0.2) is 0 Å². The van der Waals surface area contributed by atoms with Gasteiger partial charge in [0.2, 0.25) is 15.9 Å². The van der Waals surface area contributed by atoms with Gasteiger partial charge < -0.3 is 10.4 Å². The maximum Gasteiger partial charge on any atom is 0.256 e. The second-order valence-corrected chi connectivity index (χ2v) is 9.17. The van der Waals surface area contributed by atoms with Crippen molar-refractivity contribution in [1.82, 2.24) is 14.7 Å². The van der Waals surface area contributed by atoms with Crippen LogP contribution < -0.4 is 10.7 Å². The van der Waals surface area contributed by atoms with Crippen molar-refractivity contribution in [2.45, 2.75) is 22.3 Å². The SMILES string of the molecule is CN(C)S(=O)(=O)c1cc(NC(=O)CN2NCC(Cl)C(Cl)C2=O)ccc1CO. The van der Waals surface area contributed by atoms with E-state index in [-0.39, 0.29) is 29.2 Å². The van der Waals surface area contributed by atoms with E-state index in [2.05, 4.69) is 10.7 Å². The van der Waals surface area contributed by atoms with E-state index in [0.29, 0.717) is 0 Å². The molecule has 27 heavy (non-hydrogen) atoms. The van der Waals surface area contributed by atoms with E-state index in [0.717, 1.165) is 9.31 Å². The maximum atomic E-state index is 12.4. The summed E-state index contributed by atoms with van der Waals surface area (Å²) in [5.41, 5.74) is 3.12. The molecular weight excluding hydrogens is 419 g/mol. The largest absolute Gasteiger partial charge is 0.392 e. The number of carbonyl (C=O) groups is 2. The quantitative estimate of drug-likeness (QED) is 0.534. The highest BCUT2D eigenvalue weighted by Gasteiger charge is 2.34. The predicted octanol–water partition coefficient (Wildman–Crippen LogP) is -0.0707. The fourth-order valence-electron chi connectivity index (χ4n) is 2.36. The van der Waals surface area contributed by atoms with Crippen LogP contribution in [0.1, 0.15) is 5.56 Å². The standard InChI is InChI=1S/C15H20Cl2N4O5S/c1-20(2)27(25,26)12-5-10(4-3-9(12)8-22)19-13(23)7-21-15(24)14(17)11(16)6-18-21/h3-5,11,14,18,22H,6-8H2,1-2H3,(H,19,23). The summed E-state index contributed by atoms with van der Waals surface area (Å²) in [7, 11) is -1.09. The molecule has 1 aliphatic rings. The highest BCUT2D eigenvalue weighted by molar-refractivity contribution is 7.89. The molecule has 1 aromatic rings. The van der Waals surface area contributed by atoms with Crippen LogP contribution in [0.4, 0.5) is 5.69 Å². The third-order valence-electron chi connectivity index (χ3n) is 3.88. The van der Waals surface area contributed by atoms with Crippen molar-refractivity contribution in [3.8, 4) is 0 Å². The van der Waals surface area contributed by atoms with Crippen LogP contribution in [0.3, 0.4) is 0 Å². The van der Waals surface area contributed by atoms with Crippen LogP contribution in [0, 0.1) is 0 Å². The van der Waals surface area contributed by atoms with Gasteiger partial charge in [-0.05, 0) is 17.7 Å². The zero-order valence-electron chi connectivity index (χ0n) is 14.6. The second-order valence-electron chi connectivity index (χ2n) is 6.02. The number of hydrogen-bond donors (Lipinski definition) is 3. The topological polar surface area (TPSA) is 119 Å². The summed E-state index contributed by atoms with van der Waals surface area (Å²) in [5.74, 6) is -1.08. The van der Waals surface area contributed by atoms with Crippen LogP contribution in [0.5, 0.6) is 0 Å². The number of carbonyl (C=O) groups excluding carboxylic acids is 2. The average Bonchev–Trinajstić information content (AvgIpc) is 2.62. The number of anilines is 1. The highest BCUT2D eigenvalue weighted by Crippen LogP contribution is 2.23. The Balaban J connectivity index is 2.16. The number of hydrazine groups is 1. The van der Waals surface area contributed by atoms with Crippen molar-refractivity contribution in [1.29, 1.82) is 0 Å². The molecule has 1 fully saturated rings. The Morgan fingerprint density at radius 3 is 2.67 bits per heavy atom. The minimum Gasteiger partial charge on any atom is -0.392 e. The van der Waals surface area contributed by atoms with Crippen molar-refractivity contribution in [3.05, 3.63) is 23.8 Å². The average molecular weight is 439 g/mol.